The average Bonchev–Trinajstić information content (AvgIpc) is 2.69. The van der Waals surface area contributed by atoms with Crippen LogP contribution >= 0.6 is 11.6 Å². The lowest BCUT2D eigenvalue weighted by Crippen LogP contribution is -2.27. The van der Waals surface area contributed by atoms with E-state index in [0.29, 0.717) is 22.3 Å². The minimum atomic E-state index is -0.286. The van der Waals surface area contributed by atoms with E-state index in [4.69, 9.17) is 16.3 Å². The topological polar surface area (TPSA) is 76.1 Å². The van der Waals surface area contributed by atoms with E-state index in [1.54, 1.807) is 37.4 Å². The van der Waals surface area contributed by atoms with E-state index in [2.05, 4.69) is 20.8 Å². The van der Waals surface area contributed by atoms with Gasteiger partial charge in [0.1, 0.15) is 5.75 Å². The van der Waals surface area contributed by atoms with E-state index < -0.39 is 0 Å². The van der Waals surface area contributed by atoms with E-state index in [-0.39, 0.29) is 17.6 Å². The first-order chi connectivity index (χ1) is 13.1. The van der Waals surface area contributed by atoms with Gasteiger partial charge < -0.3 is 15.4 Å². The third-order valence-corrected chi connectivity index (χ3v) is 4.20. The van der Waals surface area contributed by atoms with Crippen molar-refractivity contribution < 1.29 is 9.53 Å². The van der Waals surface area contributed by atoms with Gasteiger partial charge in [-0.2, -0.15) is 0 Å². The summed E-state index contributed by atoms with van der Waals surface area (Å²) in [6.07, 6.45) is 0. The minimum absolute atomic E-state index is 0.131. The van der Waals surface area contributed by atoms with Crippen LogP contribution in [0.5, 0.6) is 5.75 Å². The summed E-state index contributed by atoms with van der Waals surface area (Å²) in [5.74, 6) is 0.814. The second-order valence-corrected chi connectivity index (χ2v) is 6.32. The van der Waals surface area contributed by atoms with E-state index >= 15 is 0 Å². The van der Waals surface area contributed by atoms with Crippen LogP contribution in [0, 0.1) is 0 Å². The van der Waals surface area contributed by atoms with E-state index in [1.807, 2.05) is 37.3 Å². The molecule has 0 radical (unpaired) electrons. The quantitative estimate of drug-likeness (QED) is 0.661. The first kappa shape index (κ1) is 18.7. The van der Waals surface area contributed by atoms with Crippen LogP contribution in [0.3, 0.4) is 0 Å². The number of ether oxygens (including phenoxy) is 1. The van der Waals surface area contributed by atoms with Gasteiger partial charge in [0.25, 0.3) is 5.91 Å². The molecule has 6 nitrogen and oxygen atoms in total. The Labute approximate surface area is 162 Å². The van der Waals surface area contributed by atoms with Crippen molar-refractivity contribution in [2.24, 2.45) is 0 Å². The Hall–Kier alpha value is -3.12. The van der Waals surface area contributed by atoms with Crippen LogP contribution in [-0.2, 0) is 0 Å². The summed E-state index contributed by atoms with van der Waals surface area (Å²) < 4.78 is 5.29. The van der Waals surface area contributed by atoms with Gasteiger partial charge >= 0.3 is 0 Å². The van der Waals surface area contributed by atoms with Gasteiger partial charge in [-0.25, -0.2) is 0 Å². The van der Waals surface area contributed by atoms with Gasteiger partial charge in [-0.15, -0.1) is 10.2 Å². The lowest BCUT2D eigenvalue weighted by Gasteiger charge is -2.14. The predicted molar refractivity (Wildman–Crippen MR) is 106 cm³/mol. The summed E-state index contributed by atoms with van der Waals surface area (Å²) in [6.45, 7) is 1.92. The average molecular weight is 383 g/mol. The number of nitrogens with one attached hydrogen (secondary N) is 2. The molecule has 1 atom stereocenters. The molecule has 0 aliphatic carbocycles. The van der Waals surface area contributed by atoms with Crippen LogP contribution in [0.4, 0.5) is 11.5 Å². The molecule has 0 saturated carbocycles. The molecule has 7 heteroatoms. The fourth-order valence-electron chi connectivity index (χ4n) is 2.53. The minimum Gasteiger partial charge on any atom is -0.495 e. The maximum absolute atomic E-state index is 12.4. The van der Waals surface area contributed by atoms with Crippen molar-refractivity contribution in [3.05, 3.63) is 76.9 Å². The molecule has 0 fully saturated rings. The molecule has 0 aliphatic rings. The molecule has 27 heavy (non-hydrogen) atoms. The number of hydrogen-bond acceptors (Lipinski definition) is 5. The maximum atomic E-state index is 12.4. The highest BCUT2D eigenvalue weighted by Crippen LogP contribution is 2.29. The van der Waals surface area contributed by atoms with Gasteiger partial charge in [-0.1, -0.05) is 41.9 Å². The molecule has 1 unspecified atom stereocenters. The van der Waals surface area contributed by atoms with Crippen LogP contribution in [-0.4, -0.2) is 23.2 Å². The van der Waals surface area contributed by atoms with Crippen LogP contribution in [0.2, 0.25) is 5.02 Å². The van der Waals surface area contributed by atoms with Crippen molar-refractivity contribution in [3.63, 3.8) is 0 Å². The fraction of sp³-hybridized carbons (Fsp3) is 0.150. The van der Waals surface area contributed by atoms with Crippen LogP contribution in [0.25, 0.3) is 0 Å². The van der Waals surface area contributed by atoms with Crippen molar-refractivity contribution in [1.82, 2.24) is 15.5 Å². The van der Waals surface area contributed by atoms with Crippen molar-refractivity contribution in [2.45, 2.75) is 13.0 Å². The van der Waals surface area contributed by atoms with Crippen molar-refractivity contribution >= 4 is 29.0 Å². The number of carbonyl (C=O) groups is 1. The highest BCUT2D eigenvalue weighted by molar-refractivity contribution is 6.31. The standard InChI is InChI=1S/C20H19ClN4O2/c1-13(14-6-4-3-5-7-14)22-20(26)16-9-11-19(25-24-16)23-17-12-15(21)8-10-18(17)27-2/h3-13H,1-2H3,(H,22,26)(H,23,25). The number of hydrogen-bond donors (Lipinski definition) is 2. The second-order valence-electron chi connectivity index (χ2n) is 5.88. The Morgan fingerprint density at radius 2 is 1.85 bits per heavy atom. The Morgan fingerprint density at radius 1 is 1.07 bits per heavy atom. The molecular weight excluding hydrogens is 364 g/mol. The molecule has 1 heterocycles. The number of halogens is 1. The molecule has 2 N–H and O–H groups in total. The van der Waals surface area contributed by atoms with Crippen LogP contribution in [0.15, 0.2) is 60.7 Å². The third-order valence-electron chi connectivity index (χ3n) is 3.97. The van der Waals surface area contributed by atoms with E-state index in [1.165, 1.54) is 0 Å². The van der Waals surface area contributed by atoms with Crippen molar-refractivity contribution in [1.29, 1.82) is 0 Å². The molecule has 0 spiro atoms. The largest absolute Gasteiger partial charge is 0.495 e. The second kappa shape index (κ2) is 8.51. The Morgan fingerprint density at radius 3 is 2.52 bits per heavy atom. The summed E-state index contributed by atoms with van der Waals surface area (Å²) in [4.78, 5) is 12.4. The summed E-state index contributed by atoms with van der Waals surface area (Å²) in [5, 5.41) is 14.6. The number of nitrogens with zero attached hydrogens (tertiary/aromatic N) is 2. The molecule has 2 aromatic carbocycles. The molecule has 3 rings (SSSR count). The van der Waals surface area contributed by atoms with Gasteiger partial charge in [0.05, 0.1) is 18.8 Å². The number of carbonyl (C=O) groups excluding carboxylic acids is 1. The van der Waals surface area contributed by atoms with Gasteiger partial charge in [0, 0.05) is 5.02 Å². The van der Waals surface area contributed by atoms with Crippen molar-refractivity contribution in [3.8, 4) is 5.75 Å². The smallest absolute Gasteiger partial charge is 0.272 e. The third kappa shape index (κ3) is 4.74. The molecule has 1 amide bonds. The van der Waals surface area contributed by atoms with Crippen LogP contribution in [0.1, 0.15) is 29.0 Å². The summed E-state index contributed by atoms with van der Waals surface area (Å²) >= 11 is 6.02. The number of methoxy groups -OCH3 is 1. The molecule has 0 bridgehead atoms. The van der Waals surface area contributed by atoms with Gasteiger partial charge in [-0.05, 0) is 42.8 Å². The van der Waals surface area contributed by atoms with Gasteiger partial charge in [-0.3, -0.25) is 4.79 Å². The number of aromatic nitrogens is 2. The zero-order chi connectivity index (χ0) is 19.2. The maximum Gasteiger partial charge on any atom is 0.272 e. The highest BCUT2D eigenvalue weighted by atomic mass is 35.5. The molecule has 0 saturated heterocycles. The number of amides is 1. The first-order valence-corrected chi connectivity index (χ1v) is 8.74. The number of anilines is 2. The number of rotatable bonds is 6. The molecule has 0 aliphatic heterocycles. The lowest BCUT2D eigenvalue weighted by atomic mass is 10.1. The predicted octanol–water partition coefficient (Wildman–Crippen LogP) is 4.37. The summed E-state index contributed by atoms with van der Waals surface area (Å²) in [5.41, 5.74) is 1.92. The Balaban J connectivity index is 1.68. The van der Waals surface area contributed by atoms with Gasteiger partial charge in [0.15, 0.2) is 11.5 Å². The SMILES string of the molecule is COc1ccc(Cl)cc1Nc1ccc(C(=O)NC(C)c2ccccc2)nn1. The molecule has 3 aromatic rings. The summed E-state index contributed by atoms with van der Waals surface area (Å²) in [7, 11) is 1.57. The zero-order valence-corrected chi connectivity index (χ0v) is 15.7. The highest BCUT2D eigenvalue weighted by Gasteiger charge is 2.13. The molecule has 1 aromatic heterocycles. The van der Waals surface area contributed by atoms with Crippen LogP contribution < -0.4 is 15.4 Å². The number of benzene rings is 2. The fourth-order valence-corrected chi connectivity index (χ4v) is 2.70. The van der Waals surface area contributed by atoms with E-state index in [9.17, 15) is 4.79 Å². The summed E-state index contributed by atoms with van der Waals surface area (Å²) in [6, 6.07) is 18.1. The zero-order valence-electron chi connectivity index (χ0n) is 14.9. The van der Waals surface area contributed by atoms with E-state index in [0.717, 1.165) is 5.56 Å². The molecule has 138 valence electrons. The normalized spacial score (nSPS) is 11.5. The van der Waals surface area contributed by atoms with Crippen molar-refractivity contribution in [2.75, 3.05) is 12.4 Å². The Bertz CT molecular complexity index is 917. The van der Waals surface area contributed by atoms with Gasteiger partial charge in [0.2, 0.25) is 0 Å². The molecular formula is C20H19ClN4O2. The lowest BCUT2D eigenvalue weighted by molar-refractivity contribution is 0.0934. The Kier molecular flexibility index (Phi) is 5.88. The first-order valence-electron chi connectivity index (χ1n) is 8.37. The monoisotopic (exact) mass is 382 g/mol.